The van der Waals surface area contributed by atoms with Crippen LogP contribution in [-0.4, -0.2) is 0 Å². The average Bonchev–Trinajstić information content (AvgIpc) is 2.91. The Morgan fingerprint density at radius 1 is 1.00 bits per heavy atom. The lowest BCUT2D eigenvalue weighted by Crippen LogP contribution is -2.30. The molecule has 0 saturated heterocycles. The van der Waals surface area contributed by atoms with Gasteiger partial charge < -0.3 is 4.42 Å². The molecule has 4 aromatic rings. The summed E-state index contributed by atoms with van der Waals surface area (Å²) in [5, 5.41) is 11.1. The van der Waals surface area contributed by atoms with Crippen LogP contribution in [0.25, 0.3) is 33.2 Å². The second kappa shape index (κ2) is 4.96. The van der Waals surface area contributed by atoms with Crippen LogP contribution in [0.1, 0.15) is 11.1 Å². The molecule has 0 aliphatic carbocycles. The van der Waals surface area contributed by atoms with Crippen LogP contribution in [-0.2, 0) is 7.05 Å². The molecule has 2 aromatic carbocycles. The van der Waals surface area contributed by atoms with Crippen LogP contribution in [0.3, 0.4) is 0 Å². The highest BCUT2D eigenvalue weighted by atomic mass is 16.3. The van der Waals surface area contributed by atoms with E-state index in [4.69, 9.17) is 9.68 Å². The number of rotatable bonds is 1. The minimum atomic E-state index is 0.649. The third kappa shape index (κ3) is 2.08. The molecule has 23 heavy (non-hydrogen) atoms. The van der Waals surface area contributed by atoms with Crippen molar-refractivity contribution in [3.8, 4) is 17.3 Å². The number of furan rings is 1. The summed E-state index contributed by atoms with van der Waals surface area (Å²) >= 11 is 0. The molecule has 0 atom stereocenters. The molecule has 0 fully saturated rings. The summed E-state index contributed by atoms with van der Waals surface area (Å²) in [5.41, 5.74) is 5.79. The fraction of sp³-hybridized carbons (Fsp3) is 0.100. The minimum Gasteiger partial charge on any atom is -0.456 e. The first-order valence-electron chi connectivity index (χ1n) is 7.49. The Hall–Kier alpha value is -3.12. The van der Waals surface area contributed by atoms with Gasteiger partial charge in [0.25, 0.3) is 0 Å². The van der Waals surface area contributed by atoms with Crippen molar-refractivity contribution in [3.63, 3.8) is 0 Å². The minimum absolute atomic E-state index is 0.649. The fourth-order valence-corrected chi connectivity index (χ4v) is 3.08. The number of hydrogen-bond donors (Lipinski definition) is 0. The van der Waals surface area contributed by atoms with Crippen LogP contribution in [0.15, 0.2) is 59.1 Å². The average molecular weight is 299 g/mol. The summed E-state index contributed by atoms with van der Waals surface area (Å²) in [6.07, 6.45) is 2.04. The maximum Gasteiger partial charge on any atom is 0.212 e. The summed E-state index contributed by atoms with van der Waals surface area (Å²) in [4.78, 5) is 0. The third-order valence-electron chi connectivity index (χ3n) is 4.28. The third-order valence-corrected chi connectivity index (χ3v) is 4.28. The Balaban J connectivity index is 2.04. The number of hydrogen-bond acceptors (Lipinski definition) is 2. The zero-order chi connectivity index (χ0) is 16.0. The summed E-state index contributed by atoms with van der Waals surface area (Å²) in [6.45, 7) is 2.11. The Kier molecular flexibility index (Phi) is 2.92. The lowest BCUT2D eigenvalue weighted by atomic mass is 10.0. The zero-order valence-corrected chi connectivity index (χ0v) is 13.0. The summed E-state index contributed by atoms with van der Waals surface area (Å²) in [7, 11) is 2.04. The van der Waals surface area contributed by atoms with Gasteiger partial charge in [-0.15, -0.1) is 0 Å². The van der Waals surface area contributed by atoms with Crippen molar-refractivity contribution in [3.05, 3.63) is 65.9 Å². The molecule has 0 aliphatic heterocycles. The van der Waals surface area contributed by atoms with Gasteiger partial charge in [-0.05, 0) is 48.9 Å². The molecule has 3 heteroatoms. The zero-order valence-electron chi connectivity index (χ0n) is 13.0. The van der Waals surface area contributed by atoms with E-state index in [9.17, 15) is 0 Å². The molecule has 2 heterocycles. The SMILES string of the molecule is Cc1cc2c(cc1-c1cccc[n+]1C)oc1ccc(C#N)cc12. The van der Waals surface area contributed by atoms with Crippen LogP contribution in [0.4, 0.5) is 0 Å². The van der Waals surface area contributed by atoms with Crippen molar-refractivity contribution in [1.82, 2.24) is 0 Å². The van der Waals surface area contributed by atoms with E-state index in [1.54, 1.807) is 6.07 Å². The van der Waals surface area contributed by atoms with E-state index in [1.807, 2.05) is 37.5 Å². The molecular weight excluding hydrogens is 284 g/mol. The molecule has 0 unspecified atom stereocenters. The van der Waals surface area contributed by atoms with Crippen molar-refractivity contribution >= 4 is 21.9 Å². The number of aromatic nitrogens is 1. The molecule has 0 radical (unpaired) electrons. The summed E-state index contributed by atoms with van der Waals surface area (Å²) in [6, 6.07) is 18.1. The Bertz CT molecular complexity index is 1100. The summed E-state index contributed by atoms with van der Waals surface area (Å²) in [5.74, 6) is 0. The molecule has 3 nitrogen and oxygen atoms in total. The van der Waals surface area contributed by atoms with Gasteiger partial charge in [0.2, 0.25) is 5.69 Å². The number of aryl methyl sites for hydroxylation is 2. The monoisotopic (exact) mass is 299 g/mol. The maximum absolute atomic E-state index is 9.10. The van der Waals surface area contributed by atoms with Gasteiger partial charge in [-0.2, -0.15) is 5.26 Å². The molecule has 4 rings (SSSR count). The quantitative estimate of drug-likeness (QED) is 0.493. The first-order valence-corrected chi connectivity index (χ1v) is 7.49. The normalized spacial score (nSPS) is 11.0. The number of fused-ring (bicyclic) bond motifs is 3. The van der Waals surface area contributed by atoms with E-state index >= 15 is 0 Å². The lowest BCUT2D eigenvalue weighted by Gasteiger charge is -2.04. The van der Waals surface area contributed by atoms with Crippen molar-refractivity contribution in [1.29, 1.82) is 5.26 Å². The number of nitrogens with zero attached hydrogens (tertiary/aromatic N) is 2. The van der Waals surface area contributed by atoms with Gasteiger partial charge in [0.1, 0.15) is 18.2 Å². The van der Waals surface area contributed by atoms with Gasteiger partial charge in [-0.1, -0.05) is 0 Å². The van der Waals surface area contributed by atoms with Crippen LogP contribution in [0, 0.1) is 18.3 Å². The van der Waals surface area contributed by atoms with Gasteiger partial charge in [0.05, 0.1) is 17.2 Å². The predicted octanol–water partition coefficient (Wildman–Crippen LogP) is 4.26. The summed E-state index contributed by atoms with van der Waals surface area (Å²) < 4.78 is 8.09. The van der Waals surface area contributed by atoms with Crippen LogP contribution < -0.4 is 4.57 Å². The van der Waals surface area contributed by atoms with E-state index < -0.39 is 0 Å². The maximum atomic E-state index is 9.10. The van der Waals surface area contributed by atoms with Gasteiger partial charge in [0.15, 0.2) is 6.20 Å². The predicted molar refractivity (Wildman–Crippen MR) is 89.8 cm³/mol. The molecule has 110 valence electrons. The Morgan fingerprint density at radius 2 is 1.83 bits per heavy atom. The molecule has 0 saturated carbocycles. The van der Waals surface area contributed by atoms with Crippen LogP contribution in [0.2, 0.25) is 0 Å². The van der Waals surface area contributed by atoms with Crippen molar-refractivity contribution < 1.29 is 8.98 Å². The molecule has 2 aromatic heterocycles. The van der Waals surface area contributed by atoms with E-state index in [-0.39, 0.29) is 0 Å². The smallest absolute Gasteiger partial charge is 0.212 e. The highest BCUT2D eigenvalue weighted by molar-refractivity contribution is 6.06. The second-order valence-corrected chi connectivity index (χ2v) is 5.78. The second-order valence-electron chi connectivity index (χ2n) is 5.78. The highest BCUT2D eigenvalue weighted by Crippen LogP contribution is 2.34. The van der Waals surface area contributed by atoms with E-state index in [0.29, 0.717) is 5.56 Å². The largest absolute Gasteiger partial charge is 0.456 e. The Labute approximate surface area is 134 Å². The van der Waals surface area contributed by atoms with Crippen molar-refractivity contribution in [2.45, 2.75) is 6.92 Å². The molecule has 0 spiro atoms. The number of nitriles is 1. The standard InChI is InChI=1S/C20H15N2O/c1-13-9-16-17-10-14(12-21)6-7-19(17)23-20(16)11-15(13)18-5-3-4-8-22(18)2/h3-11H,1-2H3/q+1. The highest BCUT2D eigenvalue weighted by Gasteiger charge is 2.16. The topological polar surface area (TPSA) is 40.8 Å². The molecular formula is C20H15N2O+. The molecule has 0 amide bonds. The van der Waals surface area contributed by atoms with Crippen molar-refractivity contribution in [2.24, 2.45) is 7.05 Å². The Morgan fingerprint density at radius 3 is 2.61 bits per heavy atom. The molecule has 0 N–H and O–H groups in total. The van der Waals surface area contributed by atoms with E-state index in [1.165, 1.54) is 5.56 Å². The number of pyridine rings is 1. The van der Waals surface area contributed by atoms with Crippen LogP contribution >= 0.6 is 0 Å². The molecule has 0 aliphatic rings. The van der Waals surface area contributed by atoms with Gasteiger partial charge in [0, 0.05) is 22.9 Å². The first kappa shape index (κ1) is 13.5. The fourth-order valence-electron chi connectivity index (χ4n) is 3.08. The van der Waals surface area contributed by atoms with Gasteiger partial charge in [-0.3, -0.25) is 0 Å². The van der Waals surface area contributed by atoms with Crippen molar-refractivity contribution in [2.75, 3.05) is 0 Å². The lowest BCUT2D eigenvalue weighted by molar-refractivity contribution is -0.660. The van der Waals surface area contributed by atoms with E-state index in [0.717, 1.165) is 33.2 Å². The molecule has 0 bridgehead atoms. The van der Waals surface area contributed by atoms with Crippen LogP contribution in [0.5, 0.6) is 0 Å². The number of benzene rings is 2. The van der Waals surface area contributed by atoms with Gasteiger partial charge in [-0.25, -0.2) is 4.57 Å². The van der Waals surface area contributed by atoms with Gasteiger partial charge >= 0.3 is 0 Å². The van der Waals surface area contributed by atoms with E-state index in [2.05, 4.69) is 35.8 Å². The first-order chi connectivity index (χ1) is 11.2.